The zero-order chi connectivity index (χ0) is 47.5. The van der Waals surface area contributed by atoms with E-state index >= 15 is 0 Å². The van der Waals surface area contributed by atoms with Crippen LogP contribution in [0.4, 0.5) is 0 Å². The summed E-state index contributed by atoms with van der Waals surface area (Å²) in [5.41, 5.74) is 16.1. The zero-order valence-corrected chi connectivity index (χ0v) is 41.5. The van der Waals surface area contributed by atoms with Crippen molar-refractivity contribution in [3.8, 4) is 50.9 Å². The van der Waals surface area contributed by atoms with Gasteiger partial charge in [0, 0.05) is 27.7 Å². The topological polar surface area (TPSA) is 41.3 Å². The maximum absolute atomic E-state index is 6.92. The molecule has 0 unspecified atom stereocenters. The van der Waals surface area contributed by atoms with Crippen LogP contribution in [0.15, 0.2) is 219 Å². The number of fused-ring (bicyclic) bond motifs is 10. The van der Waals surface area contributed by atoms with E-state index in [4.69, 9.17) is 9.72 Å². The van der Waals surface area contributed by atoms with Crippen molar-refractivity contribution >= 4 is 70.9 Å². The van der Waals surface area contributed by atoms with Gasteiger partial charge >= 0.3 is 320 Å². The van der Waals surface area contributed by atoms with Gasteiger partial charge in [0.15, 0.2) is 0 Å². The summed E-state index contributed by atoms with van der Waals surface area (Å²) in [6, 6.07) is 76.4. The zero-order valence-electron chi connectivity index (χ0n) is 39.2. The third-order valence-electron chi connectivity index (χ3n) is 14.3. The molecule has 0 N–H and O–H groups in total. The number of hydrogen-bond donors (Lipinski definition) is 0. The Hall–Kier alpha value is -8.31. The fraction of sp³-hybridized carbons (Fsp3) is 0.0625. The number of rotatable bonds is 7. The van der Waals surface area contributed by atoms with Crippen molar-refractivity contribution in [3.63, 3.8) is 0 Å². The monoisotopic (exact) mass is 1090 g/mol. The molecule has 0 bridgehead atoms. The Bertz CT molecular complexity index is 4420. The van der Waals surface area contributed by atoms with Crippen LogP contribution in [0.1, 0.15) is 26.3 Å². The molecule has 5 heterocycles. The summed E-state index contributed by atoms with van der Waals surface area (Å²) in [6.07, 6.45) is 1.87. The first kappa shape index (κ1) is 41.6. The van der Waals surface area contributed by atoms with Gasteiger partial charge in [-0.05, 0) is 12.1 Å². The molecule has 0 atom stereocenters. The molecule has 9 aromatic carbocycles. The second-order valence-corrected chi connectivity index (χ2v) is 20.6. The number of nitrogens with zero attached hydrogens (tertiary/aromatic N) is 5. The van der Waals surface area contributed by atoms with Gasteiger partial charge in [0.1, 0.15) is 0 Å². The van der Waals surface area contributed by atoms with Crippen LogP contribution in [-0.2, 0) is 24.8 Å². The molecule has 71 heavy (non-hydrogen) atoms. The Kier molecular flexibility index (Phi) is 9.30. The van der Waals surface area contributed by atoms with E-state index in [0.717, 1.165) is 59.9 Å². The summed E-state index contributed by atoms with van der Waals surface area (Å²) in [4.78, 5) is 4.92. The van der Waals surface area contributed by atoms with Gasteiger partial charge in [-0.3, -0.25) is 0 Å². The van der Waals surface area contributed by atoms with Gasteiger partial charge in [0.2, 0.25) is 0 Å². The second-order valence-electron chi connectivity index (χ2n) is 19.5. The van der Waals surface area contributed by atoms with E-state index in [-0.39, 0.29) is 5.41 Å². The minimum atomic E-state index is -0.0730. The molecule has 0 fully saturated rings. The number of pyridine rings is 1. The van der Waals surface area contributed by atoms with E-state index in [1.165, 1.54) is 71.3 Å². The third kappa shape index (κ3) is 6.44. The minimum absolute atomic E-state index is 0.0730. The number of imidazole rings is 1. The molecule has 0 aliphatic carbocycles. The molecule has 14 aromatic rings. The molecule has 0 aliphatic rings. The van der Waals surface area contributed by atoms with Gasteiger partial charge in [-0.2, -0.15) is 0 Å². The SMILES string of the molecule is CC(C)(C)c1cc(-c2ccccc2)c(-n2[c](=[Pt])n(-c3cccc(Oc4ccc5c6cc7c8cccc9c%10ccccc%10n(c7cc6n(-c6ccccn6)c5c4)c98)c3)c3ccccc32)c(-c2ccccc2)c1. The second kappa shape index (κ2) is 15.9. The number of benzene rings is 9. The molecule has 0 aliphatic heterocycles. The molecule has 6 nitrogen and oxygen atoms in total. The van der Waals surface area contributed by atoms with Gasteiger partial charge in [0.05, 0.1) is 16.6 Å². The fourth-order valence-corrected chi connectivity index (χ4v) is 12.2. The Balaban J connectivity index is 0.929. The average molecular weight is 1100 g/mol. The first-order chi connectivity index (χ1) is 34.8. The van der Waals surface area contributed by atoms with Crippen LogP contribution in [0, 0.1) is 3.80 Å². The predicted octanol–water partition coefficient (Wildman–Crippen LogP) is 16.6. The summed E-state index contributed by atoms with van der Waals surface area (Å²) in [5, 5.41) is 7.36. The number of aromatic nitrogens is 5. The van der Waals surface area contributed by atoms with Crippen molar-refractivity contribution in [1.82, 2.24) is 23.1 Å². The summed E-state index contributed by atoms with van der Waals surface area (Å²) < 4.78 is 17.5. The van der Waals surface area contributed by atoms with Gasteiger partial charge < -0.3 is 4.40 Å². The number of ether oxygens (including phenoxy) is 1. The molecule has 0 saturated carbocycles. The fourth-order valence-electron chi connectivity index (χ4n) is 11.1. The first-order valence-electron chi connectivity index (χ1n) is 24.1. The Labute approximate surface area is 420 Å². The van der Waals surface area contributed by atoms with Crippen molar-refractivity contribution in [2.75, 3.05) is 0 Å². The molecular formula is C64H45N5OPt. The van der Waals surface area contributed by atoms with Crippen LogP contribution in [0.3, 0.4) is 0 Å². The Morgan fingerprint density at radius 3 is 1.70 bits per heavy atom. The van der Waals surface area contributed by atoms with E-state index in [1.807, 2.05) is 18.3 Å². The van der Waals surface area contributed by atoms with Gasteiger partial charge in [-0.1, -0.05) is 42.5 Å². The molecule has 5 aromatic heterocycles. The normalized spacial score (nSPS) is 12.2. The molecular weight excluding hydrogens is 1050 g/mol. The maximum atomic E-state index is 6.92. The van der Waals surface area contributed by atoms with Crippen LogP contribution in [0.5, 0.6) is 11.5 Å². The summed E-state index contributed by atoms with van der Waals surface area (Å²) in [7, 11) is 0. The molecule has 0 saturated heterocycles. The van der Waals surface area contributed by atoms with Crippen LogP contribution in [0.25, 0.3) is 110 Å². The molecule has 342 valence electrons. The summed E-state index contributed by atoms with van der Waals surface area (Å²) >= 11 is 2.53. The van der Waals surface area contributed by atoms with Crippen molar-refractivity contribution in [2.45, 2.75) is 26.2 Å². The quantitative estimate of drug-likeness (QED) is 0.160. The third-order valence-corrected chi connectivity index (χ3v) is 15.4. The Morgan fingerprint density at radius 1 is 0.423 bits per heavy atom. The van der Waals surface area contributed by atoms with E-state index in [1.54, 1.807) is 0 Å². The number of hydrogen-bond acceptors (Lipinski definition) is 2. The van der Waals surface area contributed by atoms with Crippen LogP contribution in [0.2, 0.25) is 0 Å². The van der Waals surface area contributed by atoms with E-state index < -0.39 is 0 Å². The van der Waals surface area contributed by atoms with Crippen LogP contribution < -0.4 is 4.74 Å². The number of para-hydroxylation sites is 4. The van der Waals surface area contributed by atoms with Crippen molar-refractivity contribution in [3.05, 3.63) is 228 Å². The van der Waals surface area contributed by atoms with Gasteiger partial charge in [-0.25, -0.2) is 0 Å². The van der Waals surface area contributed by atoms with E-state index in [2.05, 4.69) is 258 Å². The first-order valence-corrected chi connectivity index (χ1v) is 25.2. The molecule has 7 heteroatoms. The van der Waals surface area contributed by atoms with E-state index in [0.29, 0.717) is 0 Å². The summed E-state index contributed by atoms with van der Waals surface area (Å²) in [5.74, 6) is 2.34. The molecule has 14 rings (SSSR count). The molecule has 0 spiro atoms. The van der Waals surface area contributed by atoms with Crippen molar-refractivity contribution in [2.24, 2.45) is 0 Å². The van der Waals surface area contributed by atoms with Crippen molar-refractivity contribution in [1.29, 1.82) is 0 Å². The molecule has 0 amide bonds. The average Bonchev–Trinajstić information content (AvgIpc) is 4.11. The Morgan fingerprint density at radius 2 is 1.00 bits per heavy atom. The van der Waals surface area contributed by atoms with Gasteiger partial charge in [-0.15, -0.1) is 0 Å². The van der Waals surface area contributed by atoms with Crippen LogP contribution >= 0.6 is 0 Å². The van der Waals surface area contributed by atoms with E-state index in [9.17, 15) is 0 Å². The standard InChI is InChI=1S/C64H45N5O.Pt/c1-64(2,3)43-34-51(41-18-6-4-7-19-41)62(52(35-43)42-20-8-5-9-21-42)67-40-66(56-28-12-13-29-57(56)67)44-22-16-23-45(36-44)70-46-31-32-48-53-38-54-50-26-17-25-49-47-24-10-11-27-55(47)69(63(49)50)60(54)39-59(53)68(58(48)37-46)61-30-14-15-33-65-61;/h4-39H,1-3H3;. The van der Waals surface area contributed by atoms with Crippen LogP contribution in [-0.4, -0.2) is 23.1 Å². The summed E-state index contributed by atoms with van der Waals surface area (Å²) in [6.45, 7) is 6.90. The molecule has 0 radical (unpaired) electrons. The predicted molar refractivity (Wildman–Crippen MR) is 289 cm³/mol. The van der Waals surface area contributed by atoms with Gasteiger partial charge in [0.25, 0.3) is 0 Å². The van der Waals surface area contributed by atoms with Crippen molar-refractivity contribution < 1.29 is 24.1 Å².